The standard InChI is InChI=1S/C10H12N5O6P/c11-8-5-9(13-2-12-8)15(3-14-5)10-7-6(16)4(20-10)1-19-22(17,18)21-7/h2-4,6-7,10,16H,1H2,(H,17,18)(H2,11,12,13)/t4-,6-,7+,10-/m1/s1. The SMILES string of the molecule is Nc1ncnc2c1ncn2[C@@H]1O[C@@H]2COP(=O)(O)O[C@H]1[C@@H]2O. The number of imidazole rings is 1. The number of nitrogens with zero attached hydrogens (tertiary/aromatic N) is 4. The number of nitrogens with two attached hydrogens (primary N) is 1. The molecular weight excluding hydrogens is 317 g/mol. The van der Waals surface area contributed by atoms with Gasteiger partial charge in [-0.2, -0.15) is 0 Å². The van der Waals surface area contributed by atoms with Gasteiger partial charge in [0, 0.05) is 0 Å². The van der Waals surface area contributed by atoms with Gasteiger partial charge in [-0.25, -0.2) is 19.5 Å². The van der Waals surface area contributed by atoms with Crippen molar-refractivity contribution < 1.29 is 28.3 Å². The third-order valence-electron chi connectivity index (χ3n) is 3.63. The first-order valence-electron chi connectivity index (χ1n) is 6.38. The Morgan fingerprint density at radius 3 is 3.05 bits per heavy atom. The molecule has 1 unspecified atom stereocenters. The number of phosphoric acid groups is 1. The molecule has 2 aliphatic heterocycles. The van der Waals surface area contributed by atoms with Crippen molar-refractivity contribution in [1.29, 1.82) is 0 Å². The van der Waals surface area contributed by atoms with Crippen LogP contribution in [0.3, 0.4) is 0 Å². The van der Waals surface area contributed by atoms with E-state index < -0.39 is 32.4 Å². The summed E-state index contributed by atoms with van der Waals surface area (Å²) in [7, 11) is -4.25. The second-order valence-corrected chi connectivity index (χ2v) is 6.38. The summed E-state index contributed by atoms with van der Waals surface area (Å²) in [4.78, 5) is 21.5. The van der Waals surface area contributed by atoms with Crippen LogP contribution in [0.25, 0.3) is 11.2 Å². The van der Waals surface area contributed by atoms with E-state index in [0.29, 0.717) is 11.2 Å². The lowest BCUT2D eigenvalue weighted by Crippen LogP contribution is -2.32. The minimum absolute atomic E-state index is 0.194. The van der Waals surface area contributed by atoms with Gasteiger partial charge in [0.05, 0.1) is 12.9 Å². The molecule has 4 N–H and O–H groups in total. The first kappa shape index (κ1) is 14.0. The Labute approximate surface area is 123 Å². The fraction of sp³-hybridized carbons (Fsp3) is 0.500. The number of anilines is 1. The van der Waals surface area contributed by atoms with E-state index in [2.05, 4.69) is 15.0 Å². The topological polar surface area (TPSA) is 155 Å². The molecule has 0 saturated carbocycles. The van der Waals surface area contributed by atoms with Gasteiger partial charge < -0.3 is 20.5 Å². The second kappa shape index (κ2) is 4.69. The number of aromatic nitrogens is 4. The summed E-state index contributed by atoms with van der Waals surface area (Å²) in [6.07, 6.45) is -1.24. The van der Waals surface area contributed by atoms with Crippen LogP contribution in [0.4, 0.5) is 5.82 Å². The van der Waals surface area contributed by atoms with Gasteiger partial charge in [-0.05, 0) is 0 Å². The maximum Gasteiger partial charge on any atom is 0.472 e. The highest BCUT2D eigenvalue weighted by Gasteiger charge is 2.52. The summed E-state index contributed by atoms with van der Waals surface area (Å²) in [5, 5.41) is 10.2. The van der Waals surface area contributed by atoms with Gasteiger partial charge in [0.15, 0.2) is 17.7 Å². The van der Waals surface area contributed by atoms with Gasteiger partial charge in [0.2, 0.25) is 0 Å². The quantitative estimate of drug-likeness (QED) is 0.565. The lowest BCUT2D eigenvalue weighted by atomic mass is 10.1. The highest BCUT2D eigenvalue weighted by atomic mass is 31.2. The molecule has 2 saturated heterocycles. The molecule has 0 radical (unpaired) electrons. The summed E-state index contributed by atoms with van der Waals surface area (Å²) < 4.78 is 28.5. The van der Waals surface area contributed by atoms with E-state index in [1.165, 1.54) is 17.2 Å². The Balaban J connectivity index is 1.79. The monoisotopic (exact) mass is 329 g/mol. The van der Waals surface area contributed by atoms with Crippen LogP contribution in [0.2, 0.25) is 0 Å². The van der Waals surface area contributed by atoms with E-state index in [4.69, 9.17) is 19.5 Å². The predicted molar refractivity (Wildman–Crippen MR) is 70.3 cm³/mol. The lowest BCUT2D eigenvalue weighted by Gasteiger charge is -2.23. The number of hydrogen-bond donors (Lipinski definition) is 3. The Bertz CT molecular complexity index is 782. The van der Waals surface area contributed by atoms with Crippen LogP contribution in [0, 0.1) is 0 Å². The fourth-order valence-corrected chi connectivity index (χ4v) is 3.53. The van der Waals surface area contributed by atoms with Crippen LogP contribution >= 0.6 is 7.82 Å². The molecule has 0 aromatic carbocycles. The van der Waals surface area contributed by atoms with Gasteiger partial charge in [-0.15, -0.1) is 0 Å². The molecule has 2 fully saturated rings. The first-order valence-corrected chi connectivity index (χ1v) is 7.88. The molecular formula is C10H12N5O6P. The second-order valence-electron chi connectivity index (χ2n) is 4.97. The van der Waals surface area contributed by atoms with Crippen LogP contribution < -0.4 is 5.73 Å². The molecule has 11 nitrogen and oxygen atoms in total. The third kappa shape index (κ3) is 2.02. The number of nitrogen functional groups attached to an aromatic ring is 1. The number of rotatable bonds is 1. The zero-order chi connectivity index (χ0) is 15.5. The van der Waals surface area contributed by atoms with Crippen LogP contribution in [0.1, 0.15) is 6.23 Å². The van der Waals surface area contributed by atoms with Crippen LogP contribution in [-0.4, -0.2) is 54.4 Å². The molecule has 2 aromatic heterocycles. The largest absolute Gasteiger partial charge is 0.472 e. The number of ether oxygens (including phenoxy) is 1. The number of aliphatic hydroxyl groups excluding tert-OH is 1. The molecule has 2 aromatic rings. The Morgan fingerprint density at radius 1 is 1.41 bits per heavy atom. The van der Waals surface area contributed by atoms with Crippen molar-refractivity contribution in [2.24, 2.45) is 0 Å². The van der Waals surface area contributed by atoms with Crippen LogP contribution in [0.15, 0.2) is 12.7 Å². The van der Waals surface area contributed by atoms with Crippen molar-refractivity contribution in [3.8, 4) is 0 Å². The number of fused-ring (bicyclic) bond motifs is 3. The van der Waals surface area contributed by atoms with Crippen molar-refractivity contribution in [2.45, 2.75) is 24.5 Å². The zero-order valence-electron chi connectivity index (χ0n) is 11.0. The van der Waals surface area contributed by atoms with Crippen molar-refractivity contribution in [3.63, 3.8) is 0 Å². The van der Waals surface area contributed by atoms with E-state index in [9.17, 15) is 14.6 Å². The number of phosphoric ester groups is 1. The summed E-state index contributed by atoms with van der Waals surface area (Å²) in [5.74, 6) is 0.194. The molecule has 5 atom stereocenters. The smallest absolute Gasteiger partial charge is 0.387 e. The van der Waals surface area contributed by atoms with Crippen molar-refractivity contribution in [2.75, 3.05) is 12.3 Å². The molecule has 12 heteroatoms. The maximum atomic E-state index is 11.7. The average Bonchev–Trinajstić information content (AvgIpc) is 2.97. The normalized spacial score (nSPS) is 38.3. The van der Waals surface area contributed by atoms with E-state index in [1.807, 2.05) is 0 Å². The van der Waals surface area contributed by atoms with E-state index in [0.717, 1.165) is 0 Å². The summed E-state index contributed by atoms with van der Waals surface area (Å²) >= 11 is 0. The minimum Gasteiger partial charge on any atom is -0.387 e. The van der Waals surface area contributed by atoms with Crippen LogP contribution in [0.5, 0.6) is 0 Å². The number of aliphatic hydroxyl groups is 1. The zero-order valence-corrected chi connectivity index (χ0v) is 11.9. The molecule has 22 heavy (non-hydrogen) atoms. The Hall–Kier alpha value is -1.62. The van der Waals surface area contributed by atoms with Gasteiger partial charge in [-0.1, -0.05) is 0 Å². The van der Waals surface area contributed by atoms with Crippen LogP contribution in [-0.2, 0) is 18.3 Å². The summed E-state index contributed by atoms with van der Waals surface area (Å²) in [5.41, 5.74) is 6.45. The van der Waals surface area contributed by atoms with Crippen molar-refractivity contribution in [3.05, 3.63) is 12.7 Å². The Kier molecular flexibility index (Phi) is 2.98. The van der Waals surface area contributed by atoms with Crippen molar-refractivity contribution >= 4 is 24.8 Å². The molecule has 4 heterocycles. The number of hydrogen-bond acceptors (Lipinski definition) is 9. The predicted octanol–water partition coefficient (Wildman–Crippen LogP) is -0.817. The van der Waals surface area contributed by atoms with Crippen molar-refractivity contribution in [1.82, 2.24) is 19.5 Å². The average molecular weight is 329 g/mol. The van der Waals surface area contributed by atoms with Gasteiger partial charge in [0.25, 0.3) is 0 Å². The molecule has 0 aliphatic carbocycles. The molecule has 0 spiro atoms. The molecule has 118 valence electrons. The maximum absolute atomic E-state index is 11.7. The minimum atomic E-state index is -4.25. The highest BCUT2D eigenvalue weighted by molar-refractivity contribution is 7.47. The van der Waals surface area contributed by atoms with Gasteiger partial charge in [-0.3, -0.25) is 13.6 Å². The van der Waals surface area contributed by atoms with E-state index in [-0.39, 0.29) is 12.4 Å². The third-order valence-corrected chi connectivity index (χ3v) is 4.62. The molecule has 2 bridgehead atoms. The molecule has 2 aliphatic rings. The summed E-state index contributed by atoms with van der Waals surface area (Å²) in [6, 6.07) is 0. The van der Waals surface area contributed by atoms with Gasteiger partial charge in [0.1, 0.15) is 30.2 Å². The van der Waals surface area contributed by atoms with E-state index >= 15 is 0 Å². The summed E-state index contributed by atoms with van der Waals surface area (Å²) in [6.45, 7) is -0.258. The molecule has 0 amide bonds. The highest BCUT2D eigenvalue weighted by Crippen LogP contribution is 2.52. The first-order chi connectivity index (χ1) is 10.5. The lowest BCUT2D eigenvalue weighted by molar-refractivity contribution is -0.0676. The fourth-order valence-electron chi connectivity index (χ4n) is 2.60. The Morgan fingerprint density at radius 2 is 2.23 bits per heavy atom. The van der Waals surface area contributed by atoms with Gasteiger partial charge >= 0.3 is 7.82 Å². The van der Waals surface area contributed by atoms with E-state index in [1.54, 1.807) is 0 Å². The molecule has 4 rings (SSSR count).